The molecule has 1 heterocycles. The zero-order valence-corrected chi connectivity index (χ0v) is 13.2. The van der Waals surface area contributed by atoms with Crippen LogP contribution in [0.2, 0.25) is 0 Å². The summed E-state index contributed by atoms with van der Waals surface area (Å²) >= 11 is 0. The van der Waals surface area contributed by atoms with Gasteiger partial charge < -0.3 is 5.32 Å². The molecule has 0 aliphatic heterocycles. The number of pyridine rings is 1. The molecule has 23 heavy (non-hydrogen) atoms. The third-order valence-electron chi connectivity index (χ3n) is 2.92. The van der Waals surface area contributed by atoms with Gasteiger partial charge in [0.15, 0.2) is 0 Å². The maximum Gasteiger partial charge on any atom is 0.240 e. The molecule has 0 aliphatic carbocycles. The molecular weight excluding hydrogens is 321 g/mol. The minimum Gasteiger partial charge on any atom is -0.311 e. The van der Waals surface area contributed by atoms with Crippen LogP contribution in [0.1, 0.15) is 12.1 Å². The maximum atomic E-state index is 12.8. The summed E-state index contributed by atoms with van der Waals surface area (Å²) in [6.07, 6.45) is -0.0456. The molecule has 0 fully saturated rings. The lowest BCUT2D eigenvalue weighted by Gasteiger charge is -2.07. The molecule has 2 aromatic rings. The van der Waals surface area contributed by atoms with Crippen molar-refractivity contribution in [2.24, 2.45) is 0 Å². The van der Waals surface area contributed by atoms with Gasteiger partial charge in [-0.15, -0.1) is 0 Å². The number of hydrogen-bond donors (Lipinski definition) is 2. The van der Waals surface area contributed by atoms with E-state index in [4.69, 9.17) is 0 Å². The molecule has 8 heteroatoms. The normalized spacial score (nSPS) is 11.2. The summed E-state index contributed by atoms with van der Waals surface area (Å²) in [6.45, 7) is 1.73. The summed E-state index contributed by atoms with van der Waals surface area (Å²) in [6, 6.07) is 9.65. The molecular formula is C15H16FN3O3S. The number of aryl methyl sites for hydroxylation is 1. The number of nitrogens with one attached hydrogen (secondary N) is 2. The first kappa shape index (κ1) is 17.0. The topological polar surface area (TPSA) is 88.2 Å². The van der Waals surface area contributed by atoms with E-state index in [-0.39, 0.29) is 23.8 Å². The van der Waals surface area contributed by atoms with Crippen molar-refractivity contribution in [3.63, 3.8) is 0 Å². The lowest BCUT2D eigenvalue weighted by molar-refractivity contribution is -0.116. The van der Waals surface area contributed by atoms with E-state index < -0.39 is 15.8 Å². The van der Waals surface area contributed by atoms with E-state index in [9.17, 15) is 17.6 Å². The molecule has 0 saturated carbocycles. The molecule has 0 aliphatic rings. The van der Waals surface area contributed by atoms with Crippen molar-refractivity contribution in [3.8, 4) is 0 Å². The van der Waals surface area contributed by atoms with Crippen LogP contribution in [0, 0.1) is 12.7 Å². The Morgan fingerprint density at radius 3 is 2.52 bits per heavy atom. The van der Waals surface area contributed by atoms with Crippen LogP contribution >= 0.6 is 0 Å². The van der Waals surface area contributed by atoms with Gasteiger partial charge >= 0.3 is 0 Å². The zero-order valence-electron chi connectivity index (χ0n) is 12.4. The van der Waals surface area contributed by atoms with Gasteiger partial charge in [-0.1, -0.05) is 6.07 Å². The Bertz CT molecular complexity index is 792. The average Bonchev–Trinajstić information content (AvgIpc) is 2.47. The quantitative estimate of drug-likeness (QED) is 0.842. The molecule has 0 radical (unpaired) electrons. The molecule has 122 valence electrons. The molecule has 0 saturated heterocycles. The van der Waals surface area contributed by atoms with Gasteiger partial charge in [-0.05, 0) is 43.3 Å². The smallest absolute Gasteiger partial charge is 0.240 e. The van der Waals surface area contributed by atoms with Crippen LogP contribution in [0.5, 0.6) is 0 Å². The molecule has 0 atom stereocenters. The van der Waals surface area contributed by atoms with Crippen LogP contribution in [-0.2, 0) is 14.8 Å². The Kier molecular flexibility index (Phi) is 5.41. The number of nitrogens with zero attached hydrogens (tertiary/aromatic N) is 1. The number of halogens is 1. The Morgan fingerprint density at radius 1 is 1.17 bits per heavy atom. The van der Waals surface area contributed by atoms with Gasteiger partial charge in [0.2, 0.25) is 15.9 Å². The summed E-state index contributed by atoms with van der Waals surface area (Å²) < 4.78 is 39.0. The van der Waals surface area contributed by atoms with E-state index in [2.05, 4.69) is 15.0 Å². The first-order chi connectivity index (χ1) is 10.9. The van der Waals surface area contributed by atoms with Crippen LogP contribution < -0.4 is 10.0 Å². The van der Waals surface area contributed by atoms with Gasteiger partial charge in [-0.2, -0.15) is 0 Å². The number of benzene rings is 1. The van der Waals surface area contributed by atoms with Crippen LogP contribution in [0.15, 0.2) is 47.4 Å². The van der Waals surface area contributed by atoms with Crippen molar-refractivity contribution >= 4 is 21.7 Å². The molecule has 2 N–H and O–H groups in total. The average molecular weight is 337 g/mol. The van der Waals surface area contributed by atoms with Crippen molar-refractivity contribution in [2.45, 2.75) is 18.2 Å². The van der Waals surface area contributed by atoms with E-state index in [0.29, 0.717) is 5.82 Å². The third-order valence-corrected chi connectivity index (χ3v) is 4.40. The van der Waals surface area contributed by atoms with Crippen LogP contribution in [-0.4, -0.2) is 25.9 Å². The van der Waals surface area contributed by atoms with Crippen molar-refractivity contribution in [2.75, 3.05) is 11.9 Å². The van der Waals surface area contributed by atoms with Crippen molar-refractivity contribution in [1.82, 2.24) is 9.71 Å². The highest BCUT2D eigenvalue weighted by atomic mass is 32.2. The van der Waals surface area contributed by atoms with Crippen molar-refractivity contribution < 1.29 is 17.6 Å². The Balaban J connectivity index is 1.86. The lowest BCUT2D eigenvalue weighted by atomic mass is 10.3. The SMILES string of the molecule is Cc1cccc(NC(=O)CCNS(=O)(=O)c2ccc(F)cc2)n1. The number of sulfonamides is 1. The second kappa shape index (κ2) is 7.30. The first-order valence-electron chi connectivity index (χ1n) is 6.85. The van der Waals surface area contributed by atoms with Gasteiger partial charge in [0.1, 0.15) is 11.6 Å². The molecule has 1 amide bonds. The fraction of sp³-hybridized carbons (Fsp3) is 0.200. The van der Waals surface area contributed by atoms with Gasteiger partial charge in [0, 0.05) is 18.7 Å². The minimum absolute atomic E-state index is 0.0456. The van der Waals surface area contributed by atoms with Gasteiger partial charge in [0.25, 0.3) is 0 Å². The third kappa shape index (κ3) is 5.11. The number of carbonyl (C=O) groups excluding carboxylic acids is 1. The Labute approximate surface area is 133 Å². The summed E-state index contributed by atoms with van der Waals surface area (Å²) in [5.74, 6) is -0.463. The lowest BCUT2D eigenvalue weighted by Crippen LogP contribution is -2.28. The molecule has 0 spiro atoms. The molecule has 1 aromatic heterocycles. The van der Waals surface area contributed by atoms with E-state index in [1.54, 1.807) is 25.1 Å². The highest BCUT2D eigenvalue weighted by Gasteiger charge is 2.14. The van der Waals surface area contributed by atoms with Gasteiger partial charge in [0.05, 0.1) is 4.90 Å². The maximum absolute atomic E-state index is 12.8. The predicted octanol–water partition coefficient (Wildman–Crippen LogP) is 1.84. The second-order valence-electron chi connectivity index (χ2n) is 4.81. The summed E-state index contributed by atoms with van der Waals surface area (Å²) in [5.41, 5.74) is 0.764. The molecule has 0 unspecified atom stereocenters. The number of amides is 1. The van der Waals surface area contributed by atoms with Gasteiger partial charge in [-0.25, -0.2) is 22.5 Å². The fourth-order valence-electron chi connectivity index (χ4n) is 1.81. The number of hydrogen-bond acceptors (Lipinski definition) is 4. The van der Waals surface area contributed by atoms with Crippen LogP contribution in [0.4, 0.5) is 10.2 Å². The second-order valence-corrected chi connectivity index (χ2v) is 6.58. The molecule has 1 aromatic carbocycles. The highest BCUT2D eigenvalue weighted by Crippen LogP contribution is 2.09. The van der Waals surface area contributed by atoms with Crippen molar-refractivity contribution in [3.05, 3.63) is 54.0 Å². The monoisotopic (exact) mass is 337 g/mol. The summed E-state index contributed by atoms with van der Waals surface area (Å²) in [5, 5.41) is 2.58. The number of rotatable bonds is 6. The summed E-state index contributed by atoms with van der Waals surface area (Å²) in [7, 11) is -3.76. The predicted molar refractivity (Wildman–Crippen MR) is 83.8 cm³/mol. The van der Waals surface area contributed by atoms with E-state index in [0.717, 1.165) is 30.0 Å². The number of carbonyl (C=O) groups is 1. The molecule has 0 bridgehead atoms. The van der Waals surface area contributed by atoms with E-state index >= 15 is 0 Å². The van der Waals surface area contributed by atoms with Gasteiger partial charge in [-0.3, -0.25) is 4.79 Å². The highest BCUT2D eigenvalue weighted by molar-refractivity contribution is 7.89. The molecule has 2 rings (SSSR count). The standard InChI is InChI=1S/C15H16FN3O3S/c1-11-3-2-4-14(18-11)19-15(20)9-10-17-23(21,22)13-7-5-12(16)6-8-13/h2-8,17H,9-10H2,1H3,(H,18,19,20). The van der Waals surface area contributed by atoms with Crippen LogP contribution in [0.25, 0.3) is 0 Å². The first-order valence-corrected chi connectivity index (χ1v) is 8.34. The minimum atomic E-state index is -3.76. The van der Waals surface area contributed by atoms with E-state index in [1.165, 1.54) is 0 Å². The molecule has 6 nitrogen and oxygen atoms in total. The Morgan fingerprint density at radius 2 is 1.87 bits per heavy atom. The summed E-state index contributed by atoms with van der Waals surface area (Å²) in [4.78, 5) is 15.8. The Hall–Kier alpha value is -2.32. The van der Waals surface area contributed by atoms with Crippen LogP contribution in [0.3, 0.4) is 0 Å². The number of anilines is 1. The van der Waals surface area contributed by atoms with E-state index in [1.807, 2.05) is 0 Å². The largest absolute Gasteiger partial charge is 0.311 e. The number of aromatic nitrogens is 1. The fourth-order valence-corrected chi connectivity index (χ4v) is 2.85. The zero-order chi connectivity index (χ0) is 16.9. The van der Waals surface area contributed by atoms with Crippen molar-refractivity contribution in [1.29, 1.82) is 0 Å².